The van der Waals surface area contributed by atoms with Gasteiger partial charge < -0.3 is 14.6 Å². The SMILES string of the molecule is C=C(C)C(=O)O.C=C(C)C(=O)OC.C=C(C)C(=O)OCCN1C(=O)C(C)=C(C)C1=O. The van der Waals surface area contributed by atoms with Gasteiger partial charge in [-0.15, -0.1) is 0 Å². The summed E-state index contributed by atoms with van der Waals surface area (Å²) in [5.41, 5.74) is 1.79. The maximum absolute atomic E-state index is 11.6. The van der Waals surface area contributed by atoms with Gasteiger partial charge in [-0.25, -0.2) is 14.4 Å². The van der Waals surface area contributed by atoms with Crippen LogP contribution in [-0.2, 0) is 33.4 Å². The molecule has 1 aliphatic heterocycles. The monoisotopic (exact) mass is 423 g/mol. The van der Waals surface area contributed by atoms with Crippen molar-refractivity contribution in [2.45, 2.75) is 34.6 Å². The Morgan fingerprint density at radius 2 is 1.23 bits per heavy atom. The van der Waals surface area contributed by atoms with Gasteiger partial charge in [0.1, 0.15) is 6.61 Å². The Morgan fingerprint density at radius 3 is 1.47 bits per heavy atom. The fraction of sp³-hybridized carbons (Fsp3) is 0.381. The summed E-state index contributed by atoms with van der Waals surface area (Å²) in [6.45, 7) is 17.8. The highest BCUT2D eigenvalue weighted by molar-refractivity contribution is 6.18. The molecule has 1 rings (SSSR count). The molecule has 0 unspecified atom stereocenters. The highest BCUT2D eigenvalue weighted by Crippen LogP contribution is 2.19. The number of ether oxygens (including phenoxy) is 2. The van der Waals surface area contributed by atoms with Crippen LogP contribution in [0.15, 0.2) is 47.6 Å². The van der Waals surface area contributed by atoms with E-state index in [1.54, 1.807) is 20.8 Å². The number of amides is 2. The normalized spacial score (nSPS) is 12.1. The van der Waals surface area contributed by atoms with Crippen LogP contribution in [0.25, 0.3) is 0 Å². The molecule has 0 radical (unpaired) electrons. The van der Waals surface area contributed by atoms with E-state index in [4.69, 9.17) is 9.84 Å². The molecule has 0 aliphatic carbocycles. The number of hydrogen-bond donors (Lipinski definition) is 1. The van der Waals surface area contributed by atoms with Gasteiger partial charge in [0.15, 0.2) is 0 Å². The molecule has 0 fully saturated rings. The van der Waals surface area contributed by atoms with Crippen LogP contribution in [0, 0.1) is 0 Å². The van der Waals surface area contributed by atoms with Crippen LogP contribution >= 0.6 is 0 Å². The molecule has 0 bridgehead atoms. The van der Waals surface area contributed by atoms with E-state index in [0.717, 1.165) is 4.90 Å². The van der Waals surface area contributed by atoms with Gasteiger partial charge in [-0.1, -0.05) is 19.7 Å². The second-order valence-electron chi connectivity index (χ2n) is 6.29. The van der Waals surface area contributed by atoms with Crippen LogP contribution in [0.1, 0.15) is 34.6 Å². The molecule has 1 N–H and O–H groups in total. The van der Waals surface area contributed by atoms with Gasteiger partial charge in [0.25, 0.3) is 11.8 Å². The second kappa shape index (κ2) is 13.6. The van der Waals surface area contributed by atoms with Crippen molar-refractivity contribution in [3.05, 3.63) is 47.6 Å². The third kappa shape index (κ3) is 10.2. The minimum Gasteiger partial charge on any atom is -0.478 e. The summed E-state index contributed by atoms with van der Waals surface area (Å²) in [5, 5.41) is 7.89. The molecule has 9 heteroatoms. The maximum atomic E-state index is 11.6. The Bertz CT molecular complexity index is 753. The average molecular weight is 423 g/mol. The highest BCUT2D eigenvalue weighted by Gasteiger charge is 2.32. The molecule has 0 aromatic rings. The number of methoxy groups -OCH3 is 1. The molecule has 0 saturated carbocycles. The lowest BCUT2D eigenvalue weighted by Crippen LogP contribution is -2.35. The number of imide groups is 1. The van der Waals surface area contributed by atoms with Crippen LogP contribution in [-0.4, -0.2) is 60.0 Å². The van der Waals surface area contributed by atoms with Gasteiger partial charge >= 0.3 is 17.9 Å². The number of carbonyl (C=O) groups excluding carboxylic acids is 4. The molecular formula is C21H29NO8. The molecule has 30 heavy (non-hydrogen) atoms. The van der Waals surface area contributed by atoms with E-state index in [9.17, 15) is 24.0 Å². The van der Waals surface area contributed by atoms with Crippen molar-refractivity contribution in [2.24, 2.45) is 0 Å². The van der Waals surface area contributed by atoms with E-state index in [2.05, 4.69) is 24.5 Å². The molecular weight excluding hydrogens is 394 g/mol. The molecule has 1 aliphatic rings. The fourth-order valence-corrected chi connectivity index (χ4v) is 1.55. The summed E-state index contributed by atoms with van der Waals surface area (Å²) in [6.07, 6.45) is 0. The van der Waals surface area contributed by atoms with Crippen LogP contribution in [0.5, 0.6) is 0 Å². The van der Waals surface area contributed by atoms with Crippen molar-refractivity contribution in [3.63, 3.8) is 0 Å². The van der Waals surface area contributed by atoms with Gasteiger partial charge in [0, 0.05) is 27.9 Å². The van der Waals surface area contributed by atoms with Crippen LogP contribution in [0.4, 0.5) is 0 Å². The Labute approximate surface area is 176 Å². The first-order valence-electron chi connectivity index (χ1n) is 8.67. The largest absolute Gasteiger partial charge is 0.478 e. The van der Waals surface area contributed by atoms with Gasteiger partial charge in [-0.3, -0.25) is 14.5 Å². The van der Waals surface area contributed by atoms with Crippen molar-refractivity contribution in [1.82, 2.24) is 4.90 Å². The summed E-state index contributed by atoms with van der Waals surface area (Å²) in [7, 11) is 1.33. The lowest BCUT2D eigenvalue weighted by molar-refractivity contribution is -0.144. The van der Waals surface area contributed by atoms with Crippen LogP contribution in [0.2, 0.25) is 0 Å². The van der Waals surface area contributed by atoms with E-state index >= 15 is 0 Å². The third-order valence-corrected chi connectivity index (χ3v) is 3.49. The molecule has 0 aromatic carbocycles. The van der Waals surface area contributed by atoms with Gasteiger partial charge in [0.05, 0.1) is 13.7 Å². The molecule has 0 spiro atoms. The first kappa shape index (κ1) is 28.7. The summed E-state index contributed by atoms with van der Waals surface area (Å²) in [4.78, 5) is 55.2. The van der Waals surface area contributed by atoms with Crippen molar-refractivity contribution in [2.75, 3.05) is 20.3 Å². The minimum atomic E-state index is -0.935. The summed E-state index contributed by atoms with van der Waals surface area (Å²) >= 11 is 0. The molecule has 2 amide bonds. The Morgan fingerprint density at radius 1 is 0.867 bits per heavy atom. The Balaban J connectivity index is 0. The first-order chi connectivity index (χ1) is 13.7. The highest BCUT2D eigenvalue weighted by atomic mass is 16.5. The average Bonchev–Trinajstić information content (AvgIpc) is 2.85. The zero-order chi connectivity index (χ0) is 24.2. The van der Waals surface area contributed by atoms with Gasteiger partial charge in [-0.05, 0) is 34.6 Å². The van der Waals surface area contributed by atoms with Crippen LogP contribution < -0.4 is 0 Å². The van der Waals surface area contributed by atoms with Crippen molar-refractivity contribution < 1.29 is 38.6 Å². The topological polar surface area (TPSA) is 127 Å². The van der Waals surface area contributed by atoms with E-state index in [0.29, 0.717) is 16.7 Å². The lowest BCUT2D eigenvalue weighted by Gasteiger charge is -2.14. The van der Waals surface area contributed by atoms with E-state index in [1.807, 2.05) is 0 Å². The lowest BCUT2D eigenvalue weighted by atomic mass is 10.2. The number of aliphatic carboxylic acids is 1. The number of carboxylic acid groups (broad SMARTS) is 1. The predicted molar refractivity (Wildman–Crippen MR) is 110 cm³/mol. The molecule has 0 atom stereocenters. The molecule has 9 nitrogen and oxygen atoms in total. The summed E-state index contributed by atoms with van der Waals surface area (Å²) in [5.74, 6) is -2.45. The minimum absolute atomic E-state index is 0.0102. The molecule has 166 valence electrons. The van der Waals surface area contributed by atoms with E-state index in [-0.39, 0.29) is 42.1 Å². The number of carboxylic acids is 1. The predicted octanol–water partition coefficient (Wildman–Crippen LogP) is 2.19. The van der Waals surface area contributed by atoms with Crippen LogP contribution in [0.3, 0.4) is 0 Å². The van der Waals surface area contributed by atoms with Gasteiger partial charge in [-0.2, -0.15) is 0 Å². The summed E-state index contributed by atoms with van der Waals surface area (Å²) in [6, 6.07) is 0. The number of rotatable bonds is 6. The maximum Gasteiger partial charge on any atom is 0.333 e. The smallest absolute Gasteiger partial charge is 0.333 e. The van der Waals surface area contributed by atoms with Crippen molar-refractivity contribution in [3.8, 4) is 0 Å². The first-order valence-corrected chi connectivity index (χ1v) is 8.67. The number of esters is 2. The standard InChI is InChI=1S/C12H15NO4.C5H8O2.C4H6O2/c1-7(2)12(16)17-6-5-13-10(14)8(3)9(4)11(13)15;1-4(2)5(6)7-3;1-3(2)4(5)6/h1,5-6H2,2-4H3;1H2,2-3H3;1H2,2H3,(H,5,6). The number of carbonyl (C=O) groups is 5. The van der Waals surface area contributed by atoms with E-state index < -0.39 is 11.9 Å². The van der Waals surface area contributed by atoms with Crippen molar-refractivity contribution in [1.29, 1.82) is 0 Å². The van der Waals surface area contributed by atoms with Crippen molar-refractivity contribution >= 4 is 29.7 Å². The van der Waals surface area contributed by atoms with E-state index in [1.165, 1.54) is 21.0 Å². The second-order valence-corrected chi connectivity index (χ2v) is 6.29. The fourth-order valence-electron chi connectivity index (χ4n) is 1.55. The number of hydrogen-bond acceptors (Lipinski definition) is 7. The number of nitrogens with zero attached hydrogens (tertiary/aromatic N) is 1. The third-order valence-electron chi connectivity index (χ3n) is 3.49. The molecule has 1 heterocycles. The summed E-state index contributed by atoms with van der Waals surface area (Å²) < 4.78 is 9.10. The molecule has 0 aromatic heterocycles. The Kier molecular flexibility index (Phi) is 13.1. The quantitative estimate of drug-likeness (QED) is 0.391. The Hall–Kier alpha value is -3.49. The molecule has 0 saturated heterocycles. The zero-order valence-electron chi connectivity index (χ0n) is 18.3. The zero-order valence-corrected chi connectivity index (χ0v) is 18.3. The van der Waals surface area contributed by atoms with Gasteiger partial charge in [0.2, 0.25) is 0 Å².